The van der Waals surface area contributed by atoms with Crippen molar-refractivity contribution in [2.24, 2.45) is 5.92 Å². The Morgan fingerprint density at radius 3 is 3.00 bits per heavy atom. The predicted molar refractivity (Wildman–Crippen MR) is 72.3 cm³/mol. The standard InChI is InChI=1S/C16H23N/c1-3-17-16-11(2)13-9-5-4-7-12-8-6-10-14(16)15(12)13/h6,8,10-11,13,16-17H,3-5,7,9H2,1-2H3. The third-order valence-corrected chi connectivity index (χ3v) is 4.73. The molecule has 1 heteroatoms. The van der Waals surface area contributed by atoms with Crippen LogP contribution in [-0.4, -0.2) is 6.54 Å². The quantitative estimate of drug-likeness (QED) is 0.813. The molecule has 1 aromatic rings. The van der Waals surface area contributed by atoms with Crippen LogP contribution >= 0.6 is 0 Å². The normalized spacial score (nSPS) is 31.1. The van der Waals surface area contributed by atoms with Crippen molar-refractivity contribution >= 4 is 0 Å². The summed E-state index contributed by atoms with van der Waals surface area (Å²) in [5.41, 5.74) is 4.95. The Morgan fingerprint density at radius 2 is 2.18 bits per heavy atom. The van der Waals surface area contributed by atoms with Gasteiger partial charge in [0.15, 0.2) is 0 Å². The van der Waals surface area contributed by atoms with Crippen molar-refractivity contribution in [3.8, 4) is 0 Å². The van der Waals surface area contributed by atoms with Gasteiger partial charge in [0.2, 0.25) is 0 Å². The fourth-order valence-electron chi connectivity index (χ4n) is 3.96. The third-order valence-electron chi connectivity index (χ3n) is 4.73. The van der Waals surface area contributed by atoms with E-state index >= 15 is 0 Å². The molecule has 92 valence electrons. The van der Waals surface area contributed by atoms with Crippen LogP contribution in [0.5, 0.6) is 0 Å². The van der Waals surface area contributed by atoms with Crippen molar-refractivity contribution in [1.29, 1.82) is 0 Å². The fourth-order valence-corrected chi connectivity index (χ4v) is 3.96. The molecule has 3 unspecified atom stereocenters. The first-order valence-corrected chi connectivity index (χ1v) is 7.18. The minimum Gasteiger partial charge on any atom is -0.310 e. The van der Waals surface area contributed by atoms with Crippen molar-refractivity contribution in [3.63, 3.8) is 0 Å². The monoisotopic (exact) mass is 229 g/mol. The maximum absolute atomic E-state index is 3.69. The van der Waals surface area contributed by atoms with Crippen LogP contribution < -0.4 is 5.32 Å². The summed E-state index contributed by atoms with van der Waals surface area (Å²) in [6.07, 6.45) is 5.48. The summed E-state index contributed by atoms with van der Waals surface area (Å²) in [5, 5.41) is 3.69. The van der Waals surface area contributed by atoms with Gasteiger partial charge in [-0.15, -0.1) is 0 Å². The summed E-state index contributed by atoms with van der Waals surface area (Å²) in [4.78, 5) is 0. The van der Waals surface area contributed by atoms with Gasteiger partial charge in [0.1, 0.15) is 0 Å². The molecular formula is C16H23N. The zero-order chi connectivity index (χ0) is 11.8. The SMILES string of the molecule is CCNC1c2cccc3c2C(CCCC3)C1C. The van der Waals surface area contributed by atoms with Gasteiger partial charge in [-0.3, -0.25) is 0 Å². The Bertz CT molecular complexity index is 410. The molecule has 0 radical (unpaired) electrons. The van der Waals surface area contributed by atoms with E-state index in [0.29, 0.717) is 6.04 Å². The van der Waals surface area contributed by atoms with Crippen LogP contribution in [0.15, 0.2) is 18.2 Å². The van der Waals surface area contributed by atoms with Gasteiger partial charge in [0, 0.05) is 6.04 Å². The second-order valence-corrected chi connectivity index (χ2v) is 5.67. The summed E-state index contributed by atoms with van der Waals surface area (Å²) in [5.74, 6) is 1.58. The van der Waals surface area contributed by atoms with Gasteiger partial charge in [-0.1, -0.05) is 38.5 Å². The smallest absolute Gasteiger partial charge is 0.0354 e. The molecule has 0 heterocycles. The number of aryl methyl sites for hydroxylation is 1. The number of benzene rings is 1. The first-order valence-electron chi connectivity index (χ1n) is 7.18. The van der Waals surface area contributed by atoms with Crippen molar-refractivity contribution in [2.75, 3.05) is 6.54 Å². The molecule has 1 nitrogen and oxygen atoms in total. The lowest BCUT2D eigenvalue weighted by atomic mass is 9.88. The molecule has 0 aromatic heterocycles. The minimum atomic E-state index is 0.595. The average molecular weight is 229 g/mol. The van der Waals surface area contributed by atoms with E-state index in [1.165, 1.54) is 25.7 Å². The van der Waals surface area contributed by atoms with Gasteiger partial charge in [-0.05, 0) is 54.3 Å². The lowest BCUT2D eigenvalue weighted by molar-refractivity contribution is 0.358. The molecule has 0 saturated heterocycles. The van der Waals surface area contributed by atoms with E-state index in [4.69, 9.17) is 0 Å². The average Bonchev–Trinajstić information content (AvgIpc) is 2.53. The molecule has 0 fully saturated rings. The van der Waals surface area contributed by atoms with Crippen LogP contribution in [0.3, 0.4) is 0 Å². The highest BCUT2D eigenvalue weighted by atomic mass is 14.9. The van der Waals surface area contributed by atoms with E-state index < -0.39 is 0 Å². The van der Waals surface area contributed by atoms with Crippen molar-refractivity contribution in [1.82, 2.24) is 5.32 Å². The molecule has 0 spiro atoms. The Balaban J connectivity index is 2.08. The number of nitrogens with one attached hydrogen (secondary N) is 1. The molecule has 2 aliphatic rings. The molecular weight excluding hydrogens is 206 g/mol. The summed E-state index contributed by atoms with van der Waals surface area (Å²) in [7, 11) is 0. The molecule has 1 aromatic carbocycles. The molecule has 17 heavy (non-hydrogen) atoms. The first-order chi connectivity index (χ1) is 8.33. The topological polar surface area (TPSA) is 12.0 Å². The van der Waals surface area contributed by atoms with Gasteiger partial charge in [0.25, 0.3) is 0 Å². The van der Waals surface area contributed by atoms with Crippen LogP contribution in [0, 0.1) is 5.92 Å². The molecule has 3 rings (SSSR count). The van der Waals surface area contributed by atoms with Gasteiger partial charge in [-0.2, -0.15) is 0 Å². The van der Waals surface area contributed by atoms with Crippen LogP contribution in [0.1, 0.15) is 61.8 Å². The maximum atomic E-state index is 3.69. The Kier molecular flexibility index (Phi) is 2.96. The number of hydrogen-bond donors (Lipinski definition) is 1. The van der Waals surface area contributed by atoms with Gasteiger partial charge in [0.05, 0.1) is 0 Å². The summed E-state index contributed by atoms with van der Waals surface area (Å²) in [6, 6.07) is 7.57. The molecule has 0 saturated carbocycles. The summed E-state index contributed by atoms with van der Waals surface area (Å²) >= 11 is 0. The van der Waals surface area contributed by atoms with Gasteiger partial charge >= 0.3 is 0 Å². The Labute approximate surface area is 105 Å². The summed E-state index contributed by atoms with van der Waals surface area (Å²) < 4.78 is 0. The second-order valence-electron chi connectivity index (χ2n) is 5.67. The third kappa shape index (κ3) is 1.72. The highest BCUT2D eigenvalue weighted by Gasteiger charge is 2.38. The zero-order valence-electron chi connectivity index (χ0n) is 11.0. The molecule has 0 amide bonds. The van der Waals surface area contributed by atoms with E-state index in [1.807, 2.05) is 0 Å². The molecule has 0 aliphatic heterocycles. The fraction of sp³-hybridized carbons (Fsp3) is 0.625. The van der Waals surface area contributed by atoms with Crippen LogP contribution in [0.2, 0.25) is 0 Å². The van der Waals surface area contributed by atoms with E-state index in [-0.39, 0.29) is 0 Å². The number of hydrogen-bond acceptors (Lipinski definition) is 1. The Hall–Kier alpha value is -0.820. The second kappa shape index (κ2) is 4.45. The lowest BCUT2D eigenvalue weighted by Crippen LogP contribution is -2.24. The van der Waals surface area contributed by atoms with Crippen LogP contribution in [-0.2, 0) is 6.42 Å². The number of rotatable bonds is 2. The van der Waals surface area contributed by atoms with Crippen LogP contribution in [0.4, 0.5) is 0 Å². The van der Waals surface area contributed by atoms with Crippen molar-refractivity contribution < 1.29 is 0 Å². The molecule has 1 N–H and O–H groups in total. The van der Waals surface area contributed by atoms with Gasteiger partial charge in [-0.25, -0.2) is 0 Å². The lowest BCUT2D eigenvalue weighted by Gasteiger charge is -2.21. The minimum absolute atomic E-state index is 0.595. The Morgan fingerprint density at radius 1 is 1.29 bits per heavy atom. The van der Waals surface area contributed by atoms with Crippen molar-refractivity contribution in [2.45, 2.75) is 51.5 Å². The summed E-state index contributed by atoms with van der Waals surface area (Å²) in [6.45, 7) is 5.73. The van der Waals surface area contributed by atoms with Gasteiger partial charge < -0.3 is 5.32 Å². The predicted octanol–water partition coefficient (Wildman–Crippen LogP) is 3.80. The van der Waals surface area contributed by atoms with E-state index in [2.05, 4.69) is 37.4 Å². The highest BCUT2D eigenvalue weighted by molar-refractivity contribution is 5.45. The zero-order valence-corrected chi connectivity index (χ0v) is 11.0. The highest BCUT2D eigenvalue weighted by Crippen LogP contribution is 2.50. The molecule has 3 atom stereocenters. The maximum Gasteiger partial charge on any atom is 0.0354 e. The molecule has 2 aliphatic carbocycles. The van der Waals surface area contributed by atoms with E-state index in [1.54, 1.807) is 16.7 Å². The van der Waals surface area contributed by atoms with Crippen molar-refractivity contribution in [3.05, 3.63) is 34.9 Å². The largest absolute Gasteiger partial charge is 0.310 e. The van der Waals surface area contributed by atoms with E-state index in [0.717, 1.165) is 18.4 Å². The molecule has 0 bridgehead atoms. The van der Waals surface area contributed by atoms with Crippen LogP contribution in [0.25, 0.3) is 0 Å². The van der Waals surface area contributed by atoms with E-state index in [9.17, 15) is 0 Å². The first kappa shape index (κ1) is 11.3.